The van der Waals surface area contributed by atoms with Gasteiger partial charge < -0.3 is 4.90 Å². The van der Waals surface area contributed by atoms with Crippen molar-refractivity contribution < 1.29 is 13.2 Å². The van der Waals surface area contributed by atoms with Crippen molar-refractivity contribution in [3.63, 3.8) is 0 Å². The highest BCUT2D eigenvalue weighted by Gasteiger charge is 2.31. The Morgan fingerprint density at radius 2 is 1.89 bits per heavy atom. The molecule has 2 aromatic rings. The molecule has 1 aromatic heterocycles. The number of hydrogen-bond acceptors (Lipinski definition) is 4. The molecule has 0 saturated carbocycles. The second-order valence-corrected chi connectivity index (χ2v) is 9.36. The summed E-state index contributed by atoms with van der Waals surface area (Å²) in [5.41, 5.74) is 1.16. The number of carbonyl (C=O) groups is 1. The molecule has 7 heteroatoms. The minimum Gasteiger partial charge on any atom is -0.304 e. The summed E-state index contributed by atoms with van der Waals surface area (Å²) < 4.78 is 27.5. The number of hydrogen-bond donors (Lipinski definition) is 0. The Kier molecular flexibility index (Phi) is 6.15. The number of rotatable bonds is 5. The molecule has 1 atom stereocenters. The van der Waals surface area contributed by atoms with Gasteiger partial charge in [0.1, 0.15) is 0 Å². The summed E-state index contributed by atoms with van der Waals surface area (Å²) in [6, 6.07) is 9.81. The van der Waals surface area contributed by atoms with Gasteiger partial charge in [-0.2, -0.15) is 4.31 Å². The Balaban J connectivity index is 1.86. The summed E-state index contributed by atoms with van der Waals surface area (Å²) in [6.45, 7) is 6.36. The van der Waals surface area contributed by atoms with Crippen LogP contribution < -0.4 is 4.90 Å². The number of amides is 1. The number of aromatic nitrogens is 1. The molecule has 1 fully saturated rings. The van der Waals surface area contributed by atoms with E-state index in [-0.39, 0.29) is 22.9 Å². The summed E-state index contributed by atoms with van der Waals surface area (Å²) in [6.07, 6.45) is 6.13. The van der Waals surface area contributed by atoms with Crippen LogP contribution in [-0.2, 0) is 10.0 Å². The van der Waals surface area contributed by atoms with E-state index in [0.717, 1.165) is 19.3 Å². The number of anilines is 1. The zero-order valence-corrected chi connectivity index (χ0v) is 17.4. The summed E-state index contributed by atoms with van der Waals surface area (Å²) in [4.78, 5) is 19.0. The van der Waals surface area contributed by atoms with Gasteiger partial charge in [0.2, 0.25) is 10.0 Å². The van der Waals surface area contributed by atoms with Gasteiger partial charge in [0.25, 0.3) is 5.91 Å². The number of carbonyl (C=O) groups excluding carboxylic acids is 1. The fourth-order valence-corrected chi connectivity index (χ4v) is 5.32. The van der Waals surface area contributed by atoms with Crippen LogP contribution >= 0.6 is 0 Å². The summed E-state index contributed by atoms with van der Waals surface area (Å²) in [7, 11) is -3.54. The van der Waals surface area contributed by atoms with Crippen molar-refractivity contribution in [2.75, 3.05) is 11.4 Å². The molecule has 1 unspecified atom stereocenters. The Bertz CT molecular complexity index is 912. The maximum absolute atomic E-state index is 13.0. The van der Waals surface area contributed by atoms with Crippen molar-refractivity contribution in [3.8, 4) is 0 Å². The van der Waals surface area contributed by atoms with E-state index in [0.29, 0.717) is 17.8 Å². The first-order chi connectivity index (χ1) is 13.3. The van der Waals surface area contributed by atoms with Gasteiger partial charge in [-0.05, 0) is 70.0 Å². The Labute approximate surface area is 167 Å². The zero-order valence-electron chi connectivity index (χ0n) is 16.6. The highest BCUT2D eigenvalue weighted by molar-refractivity contribution is 7.89. The molecular formula is C21H27N3O3S. The monoisotopic (exact) mass is 401 g/mol. The minimum absolute atomic E-state index is 0.00192. The molecule has 2 heterocycles. The van der Waals surface area contributed by atoms with E-state index in [9.17, 15) is 13.2 Å². The van der Waals surface area contributed by atoms with Gasteiger partial charge in [-0.3, -0.25) is 9.78 Å². The van der Waals surface area contributed by atoms with Crippen LogP contribution in [0.15, 0.2) is 53.7 Å². The lowest BCUT2D eigenvalue weighted by molar-refractivity contribution is 0.0980. The van der Waals surface area contributed by atoms with Gasteiger partial charge in [-0.1, -0.05) is 6.42 Å². The predicted octanol–water partition coefficient (Wildman–Crippen LogP) is 3.70. The minimum atomic E-state index is -3.54. The van der Waals surface area contributed by atoms with Gasteiger partial charge in [0, 0.05) is 30.4 Å². The molecule has 28 heavy (non-hydrogen) atoms. The average molecular weight is 402 g/mol. The largest absolute Gasteiger partial charge is 0.304 e. The first-order valence-corrected chi connectivity index (χ1v) is 11.1. The summed E-state index contributed by atoms with van der Waals surface area (Å²) in [5.74, 6) is -0.182. The fourth-order valence-electron chi connectivity index (χ4n) is 3.62. The molecule has 3 rings (SSSR count). The molecule has 1 aromatic carbocycles. The van der Waals surface area contributed by atoms with Crippen LogP contribution in [0.1, 0.15) is 50.4 Å². The van der Waals surface area contributed by atoms with E-state index in [2.05, 4.69) is 4.98 Å². The summed E-state index contributed by atoms with van der Waals surface area (Å²) in [5, 5.41) is 0. The molecular weight excluding hydrogens is 374 g/mol. The van der Waals surface area contributed by atoms with Crippen molar-refractivity contribution in [1.82, 2.24) is 9.29 Å². The topological polar surface area (TPSA) is 70.6 Å². The SMILES string of the molecule is CC(C)N(C(=O)c1ccc(S(=O)(=O)N2CCCCC2C)cc1)c1cccnc1. The predicted molar refractivity (Wildman–Crippen MR) is 110 cm³/mol. The van der Waals surface area contributed by atoms with E-state index in [4.69, 9.17) is 0 Å². The highest BCUT2D eigenvalue weighted by atomic mass is 32.2. The van der Waals surface area contributed by atoms with Gasteiger partial charge in [0.15, 0.2) is 0 Å². The van der Waals surface area contributed by atoms with E-state index in [1.165, 1.54) is 12.1 Å². The van der Waals surface area contributed by atoms with Crippen LogP contribution in [0, 0.1) is 0 Å². The third-order valence-electron chi connectivity index (χ3n) is 5.11. The van der Waals surface area contributed by atoms with Gasteiger partial charge in [-0.15, -0.1) is 0 Å². The first kappa shape index (κ1) is 20.5. The van der Waals surface area contributed by atoms with Crippen LogP contribution in [-0.4, -0.2) is 42.2 Å². The lowest BCUT2D eigenvalue weighted by Crippen LogP contribution is -2.42. The Morgan fingerprint density at radius 1 is 1.18 bits per heavy atom. The number of benzene rings is 1. The number of piperidine rings is 1. The normalized spacial score (nSPS) is 18.2. The quantitative estimate of drug-likeness (QED) is 0.766. The molecule has 1 amide bonds. The second-order valence-electron chi connectivity index (χ2n) is 7.47. The molecule has 150 valence electrons. The van der Waals surface area contributed by atoms with Crippen LogP contribution in [0.2, 0.25) is 0 Å². The second kappa shape index (κ2) is 8.41. The number of sulfonamides is 1. The Morgan fingerprint density at radius 3 is 2.46 bits per heavy atom. The van der Waals surface area contributed by atoms with Crippen molar-refractivity contribution in [1.29, 1.82) is 0 Å². The van der Waals surface area contributed by atoms with Crippen molar-refractivity contribution >= 4 is 21.6 Å². The van der Waals surface area contributed by atoms with E-state index >= 15 is 0 Å². The van der Waals surface area contributed by atoms with Gasteiger partial charge in [-0.25, -0.2) is 8.42 Å². The fraction of sp³-hybridized carbons (Fsp3) is 0.429. The molecule has 6 nitrogen and oxygen atoms in total. The van der Waals surface area contributed by atoms with E-state index in [1.54, 1.807) is 39.8 Å². The smallest absolute Gasteiger partial charge is 0.258 e. The van der Waals surface area contributed by atoms with E-state index in [1.807, 2.05) is 26.8 Å². The van der Waals surface area contributed by atoms with Crippen LogP contribution in [0.3, 0.4) is 0 Å². The Hall–Kier alpha value is -2.25. The third kappa shape index (κ3) is 4.10. The molecule has 0 aliphatic carbocycles. The van der Waals surface area contributed by atoms with Crippen LogP contribution in [0.25, 0.3) is 0 Å². The zero-order chi connectivity index (χ0) is 20.3. The van der Waals surface area contributed by atoms with Gasteiger partial charge >= 0.3 is 0 Å². The lowest BCUT2D eigenvalue weighted by atomic mass is 10.1. The lowest BCUT2D eigenvalue weighted by Gasteiger charge is -2.32. The molecule has 0 N–H and O–H groups in total. The number of pyridine rings is 1. The van der Waals surface area contributed by atoms with Crippen molar-refractivity contribution in [2.24, 2.45) is 0 Å². The van der Waals surface area contributed by atoms with Crippen LogP contribution in [0.5, 0.6) is 0 Å². The molecule has 1 aliphatic heterocycles. The molecule has 1 saturated heterocycles. The molecule has 1 aliphatic rings. The molecule has 0 bridgehead atoms. The highest BCUT2D eigenvalue weighted by Crippen LogP contribution is 2.26. The average Bonchev–Trinajstić information content (AvgIpc) is 2.69. The summed E-state index contributed by atoms with van der Waals surface area (Å²) >= 11 is 0. The first-order valence-electron chi connectivity index (χ1n) is 9.68. The van der Waals surface area contributed by atoms with Gasteiger partial charge in [0.05, 0.1) is 16.8 Å². The maximum atomic E-state index is 13.0. The molecule has 0 spiro atoms. The van der Waals surface area contributed by atoms with Crippen molar-refractivity contribution in [2.45, 2.75) is 57.0 Å². The maximum Gasteiger partial charge on any atom is 0.258 e. The number of nitrogens with zero attached hydrogens (tertiary/aromatic N) is 3. The van der Waals surface area contributed by atoms with E-state index < -0.39 is 10.0 Å². The standard InChI is InChI=1S/C21H27N3O3S/c1-16(2)24(19-8-6-13-22-15-19)21(25)18-9-11-20(12-10-18)28(26,27)23-14-5-4-7-17(23)3/h6,8-13,15-17H,4-5,7,14H2,1-3H3. The third-order valence-corrected chi connectivity index (χ3v) is 7.14. The van der Waals surface area contributed by atoms with Crippen LogP contribution in [0.4, 0.5) is 5.69 Å². The van der Waals surface area contributed by atoms with Crippen molar-refractivity contribution in [3.05, 3.63) is 54.4 Å². The molecule has 0 radical (unpaired) electrons.